The van der Waals surface area contributed by atoms with Gasteiger partial charge in [-0.15, -0.1) is 11.3 Å². The molecule has 0 N–H and O–H groups in total. The van der Waals surface area contributed by atoms with Crippen LogP contribution in [0.4, 0.5) is 0 Å². The fourth-order valence-corrected chi connectivity index (χ4v) is 3.89. The molecule has 0 fully saturated rings. The van der Waals surface area contributed by atoms with Crippen LogP contribution in [0.5, 0.6) is 0 Å². The van der Waals surface area contributed by atoms with Crippen molar-refractivity contribution in [1.82, 2.24) is 4.98 Å². The van der Waals surface area contributed by atoms with E-state index in [-0.39, 0.29) is 0 Å². The number of hydrogen-bond acceptors (Lipinski definition) is 5. The maximum absolute atomic E-state index is 11.9. The second-order valence-corrected chi connectivity index (χ2v) is 6.16. The molecule has 0 bridgehead atoms. The summed E-state index contributed by atoms with van der Waals surface area (Å²) < 4.78 is 22.2. The van der Waals surface area contributed by atoms with Crippen LogP contribution in [-0.2, 0) is 13.6 Å². The minimum absolute atomic E-state index is 0.593. The van der Waals surface area contributed by atoms with Gasteiger partial charge in [-0.2, -0.15) is 0 Å². The molecule has 1 aromatic heterocycles. The van der Waals surface area contributed by atoms with Crippen LogP contribution in [0.2, 0.25) is 0 Å². The molecule has 4 nitrogen and oxygen atoms in total. The Kier molecular flexibility index (Phi) is 3.24. The zero-order chi connectivity index (χ0) is 10.1. The molecular formula is C7H12NO3PS. The minimum Gasteiger partial charge on any atom is -0.308 e. The third-order valence-electron chi connectivity index (χ3n) is 1.61. The number of aromatic nitrogens is 1. The van der Waals surface area contributed by atoms with Crippen LogP contribution >= 0.6 is 18.9 Å². The summed E-state index contributed by atoms with van der Waals surface area (Å²) in [5.41, 5.74) is 0.717. The predicted octanol–water partition coefficient (Wildman–Crippen LogP) is 1.87. The van der Waals surface area contributed by atoms with Crippen LogP contribution in [0.25, 0.3) is 0 Å². The molecule has 13 heavy (non-hydrogen) atoms. The minimum atomic E-state index is -3.09. The number of aryl methyl sites for hydroxylation is 2. The highest BCUT2D eigenvalue weighted by atomic mass is 32.1. The van der Waals surface area contributed by atoms with Gasteiger partial charge >= 0.3 is 7.60 Å². The summed E-state index contributed by atoms with van der Waals surface area (Å²) in [6.07, 6.45) is 0. The first-order valence-corrected chi connectivity index (χ1v) is 6.05. The monoisotopic (exact) mass is 221 g/mol. The molecule has 0 aliphatic heterocycles. The molecular weight excluding hydrogens is 209 g/mol. The molecule has 6 heteroatoms. The zero-order valence-electron chi connectivity index (χ0n) is 8.03. The summed E-state index contributed by atoms with van der Waals surface area (Å²) >= 11 is 1.35. The van der Waals surface area contributed by atoms with Crippen molar-refractivity contribution >= 4 is 23.6 Å². The van der Waals surface area contributed by atoms with Gasteiger partial charge in [-0.1, -0.05) is 0 Å². The van der Waals surface area contributed by atoms with Crippen molar-refractivity contribution in [2.24, 2.45) is 0 Å². The Morgan fingerprint density at radius 3 is 2.15 bits per heavy atom. The van der Waals surface area contributed by atoms with E-state index in [0.29, 0.717) is 4.62 Å². The molecule has 0 radical (unpaired) electrons. The lowest BCUT2D eigenvalue weighted by Crippen LogP contribution is -2.06. The molecule has 0 aliphatic rings. The van der Waals surface area contributed by atoms with Crippen molar-refractivity contribution in [3.63, 3.8) is 0 Å². The highest BCUT2D eigenvalue weighted by molar-refractivity contribution is 7.68. The smallest absolute Gasteiger partial charge is 0.308 e. The molecule has 1 rings (SSSR count). The average Bonchev–Trinajstić information content (AvgIpc) is 2.44. The van der Waals surface area contributed by atoms with Crippen LogP contribution in [-0.4, -0.2) is 19.2 Å². The first kappa shape index (κ1) is 10.9. The first-order valence-electron chi connectivity index (χ1n) is 3.69. The normalized spacial score (nSPS) is 12.0. The Hall–Kier alpha value is -0.220. The van der Waals surface area contributed by atoms with E-state index in [0.717, 1.165) is 10.7 Å². The van der Waals surface area contributed by atoms with Gasteiger partial charge in [0, 0.05) is 14.2 Å². The van der Waals surface area contributed by atoms with Crippen molar-refractivity contribution in [1.29, 1.82) is 0 Å². The third kappa shape index (κ3) is 1.99. The van der Waals surface area contributed by atoms with Gasteiger partial charge in [0.25, 0.3) is 0 Å². The van der Waals surface area contributed by atoms with Crippen LogP contribution in [0.3, 0.4) is 0 Å². The lowest BCUT2D eigenvalue weighted by molar-refractivity contribution is 0.288. The molecule has 0 amide bonds. The second-order valence-electron chi connectivity index (χ2n) is 2.49. The number of rotatable bonds is 3. The Bertz CT molecular complexity index is 342. The SMILES string of the molecule is COP(=O)(OC)c1sc(C)nc1C. The van der Waals surface area contributed by atoms with E-state index in [1.54, 1.807) is 6.92 Å². The highest BCUT2D eigenvalue weighted by Crippen LogP contribution is 2.47. The fourth-order valence-electron chi connectivity index (χ4n) is 1.02. The van der Waals surface area contributed by atoms with Crippen LogP contribution < -0.4 is 4.62 Å². The molecule has 0 atom stereocenters. The maximum atomic E-state index is 11.9. The number of hydrogen-bond donors (Lipinski definition) is 0. The summed E-state index contributed by atoms with van der Waals surface area (Å²) in [7, 11) is -0.347. The van der Waals surface area contributed by atoms with Gasteiger partial charge in [-0.25, -0.2) is 4.98 Å². The van der Waals surface area contributed by atoms with Crippen molar-refractivity contribution in [2.45, 2.75) is 13.8 Å². The van der Waals surface area contributed by atoms with Gasteiger partial charge in [-0.3, -0.25) is 4.57 Å². The standard InChI is InChI=1S/C7H12NO3PS/c1-5-7(13-6(2)8-5)12(9,10-3)11-4/h1-4H3. The quantitative estimate of drug-likeness (QED) is 0.731. The van der Waals surface area contributed by atoms with Crippen molar-refractivity contribution in [2.75, 3.05) is 14.2 Å². The van der Waals surface area contributed by atoms with E-state index in [1.165, 1.54) is 25.6 Å². The van der Waals surface area contributed by atoms with E-state index in [2.05, 4.69) is 4.98 Å². The Morgan fingerprint density at radius 2 is 1.85 bits per heavy atom. The predicted molar refractivity (Wildman–Crippen MR) is 52.8 cm³/mol. The summed E-state index contributed by atoms with van der Waals surface area (Å²) in [6, 6.07) is 0. The van der Waals surface area contributed by atoms with Crippen LogP contribution in [0, 0.1) is 13.8 Å². The lowest BCUT2D eigenvalue weighted by Gasteiger charge is -2.11. The summed E-state index contributed by atoms with van der Waals surface area (Å²) in [4.78, 5) is 4.16. The average molecular weight is 221 g/mol. The molecule has 0 unspecified atom stereocenters. The Morgan fingerprint density at radius 1 is 1.31 bits per heavy atom. The van der Waals surface area contributed by atoms with E-state index < -0.39 is 7.60 Å². The van der Waals surface area contributed by atoms with Gasteiger partial charge in [0.2, 0.25) is 0 Å². The summed E-state index contributed by atoms with van der Waals surface area (Å²) in [6.45, 7) is 3.65. The Labute approximate surface area is 81.4 Å². The molecule has 1 aromatic rings. The molecule has 0 aromatic carbocycles. The Balaban J connectivity index is 3.19. The molecule has 0 saturated heterocycles. The molecule has 74 valence electrons. The maximum Gasteiger partial charge on any atom is 0.372 e. The largest absolute Gasteiger partial charge is 0.372 e. The van der Waals surface area contributed by atoms with Crippen molar-refractivity contribution in [3.8, 4) is 0 Å². The second kappa shape index (κ2) is 3.88. The van der Waals surface area contributed by atoms with Gasteiger partial charge in [0.1, 0.15) is 4.62 Å². The van der Waals surface area contributed by atoms with Crippen molar-refractivity contribution < 1.29 is 13.6 Å². The van der Waals surface area contributed by atoms with Gasteiger partial charge < -0.3 is 9.05 Å². The molecule has 0 spiro atoms. The van der Waals surface area contributed by atoms with Crippen LogP contribution in [0.15, 0.2) is 0 Å². The first-order chi connectivity index (χ1) is 6.03. The van der Waals surface area contributed by atoms with Crippen molar-refractivity contribution in [3.05, 3.63) is 10.7 Å². The topological polar surface area (TPSA) is 48.4 Å². The van der Waals surface area contributed by atoms with E-state index in [1.807, 2.05) is 6.92 Å². The van der Waals surface area contributed by atoms with E-state index in [9.17, 15) is 4.57 Å². The van der Waals surface area contributed by atoms with Gasteiger partial charge in [-0.05, 0) is 13.8 Å². The van der Waals surface area contributed by atoms with Gasteiger partial charge in [0.15, 0.2) is 0 Å². The summed E-state index contributed by atoms with van der Waals surface area (Å²) in [5.74, 6) is 0. The molecule has 1 heterocycles. The zero-order valence-corrected chi connectivity index (χ0v) is 9.74. The number of thiazole rings is 1. The third-order valence-corrected chi connectivity index (χ3v) is 5.21. The molecule has 0 saturated carbocycles. The molecule has 0 aliphatic carbocycles. The van der Waals surface area contributed by atoms with E-state index in [4.69, 9.17) is 9.05 Å². The van der Waals surface area contributed by atoms with Crippen LogP contribution in [0.1, 0.15) is 10.7 Å². The summed E-state index contributed by atoms with van der Waals surface area (Å²) in [5, 5.41) is 0.863. The highest BCUT2D eigenvalue weighted by Gasteiger charge is 2.29. The lowest BCUT2D eigenvalue weighted by atomic mass is 10.6. The number of nitrogens with zero attached hydrogens (tertiary/aromatic N) is 1. The fraction of sp³-hybridized carbons (Fsp3) is 0.571. The van der Waals surface area contributed by atoms with E-state index >= 15 is 0 Å². The van der Waals surface area contributed by atoms with Gasteiger partial charge in [0.05, 0.1) is 10.7 Å².